The fraction of sp³-hybridized carbons (Fsp3) is 0.312. The number of fused-ring (bicyclic) bond motifs is 2. The van der Waals surface area contributed by atoms with E-state index in [1.807, 2.05) is 24.3 Å². The average Bonchev–Trinajstić information content (AvgIpc) is 3.27. The number of phenolic OH excluding ortho intramolecular Hbond substituents is 4. The Morgan fingerprint density at radius 3 is 0.853 bits per heavy atom. The molecule has 4 N–H and O–H groups in total. The van der Waals surface area contributed by atoms with E-state index < -0.39 is 21.7 Å². The van der Waals surface area contributed by atoms with Gasteiger partial charge in [-0.1, -0.05) is 170 Å². The largest absolute Gasteiger partial charge is 0.507 e. The Balaban J connectivity index is 1.54. The maximum atomic E-state index is 13.3. The van der Waals surface area contributed by atoms with Crippen molar-refractivity contribution in [3.63, 3.8) is 0 Å². The van der Waals surface area contributed by atoms with Gasteiger partial charge in [0, 0.05) is 44.5 Å². The van der Waals surface area contributed by atoms with Crippen molar-refractivity contribution in [2.24, 2.45) is 0 Å². The van der Waals surface area contributed by atoms with Crippen LogP contribution in [0.1, 0.15) is 130 Å². The number of hydrogen-bond acceptors (Lipinski definition) is 4. The average molecular weight is 903 g/mol. The summed E-state index contributed by atoms with van der Waals surface area (Å²) < 4.78 is 0. The maximum absolute atomic E-state index is 13.3. The minimum absolute atomic E-state index is 0.0346. The molecule has 0 radical (unpaired) electrons. The van der Waals surface area contributed by atoms with Crippen LogP contribution in [0.3, 0.4) is 0 Å². The van der Waals surface area contributed by atoms with Crippen molar-refractivity contribution < 1.29 is 20.4 Å². The van der Waals surface area contributed by atoms with Crippen molar-refractivity contribution in [3.8, 4) is 78.6 Å². The topological polar surface area (TPSA) is 80.9 Å². The van der Waals surface area contributed by atoms with E-state index in [1.165, 1.54) is 11.1 Å². The number of aryl methyl sites for hydroxylation is 2. The lowest BCUT2D eigenvalue weighted by molar-refractivity contribution is 0.422. The molecular weight excluding hydrogens is 833 g/mol. The van der Waals surface area contributed by atoms with Gasteiger partial charge in [-0.05, 0) is 149 Å². The van der Waals surface area contributed by atoms with Crippen molar-refractivity contribution in [1.82, 2.24) is 0 Å². The molecular formula is C64H70O4. The van der Waals surface area contributed by atoms with E-state index in [-0.39, 0.29) is 23.0 Å². The second-order valence-electron chi connectivity index (χ2n) is 23.1. The minimum Gasteiger partial charge on any atom is -0.507 e. The SMILES string of the molecule is CCc1ccc(-c2ccc3c(-c4c(O)c(-c5cc(C(C)(C)C)c(O)c(C(C)(C)C)c5)cc5cc(-c6ccc(CC)cc6)ccc45)c(O)c(-c4cc(C(C)(C)C)c(O)c(C(C)(C)C)c4)cc3c2)cc1. The van der Waals surface area contributed by atoms with Gasteiger partial charge >= 0.3 is 0 Å². The van der Waals surface area contributed by atoms with Crippen LogP contribution in [0.15, 0.2) is 121 Å². The Morgan fingerprint density at radius 1 is 0.309 bits per heavy atom. The summed E-state index contributed by atoms with van der Waals surface area (Å²) in [6.07, 6.45) is 1.90. The molecule has 4 heteroatoms. The lowest BCUT2D eigenvalue weighted by Crippen LogP contribution is -2.17. The van der Waals surface area contributed by atoms with Crippen molar-refractivity contribution >= 4 is 21.5 Å². The first-order valence-electron chi connectivity index (χ1n) is 24.3. The van der Waals surface area contributed by atoms with Crippen LogP contribution in [0.4, 0.5) is 0 Å². The van der Waals surface area contributed by atoms with Gasteiger partial charge in [-0.2, -0.15) is 0 Å². The van der Waals surface area contributed by atoms with Crippen molar-refractivity contribution in [2.75, 3.05) is 0 Å². The quantitative estimate of drug-likeness (QED) is 0.128. The Hall–Kier alpha value is -6.52. The van der Waals surface area contributed by atoms with Crippen LogP contribution in [0.2, 0.25) is 0 Å². The number of rotatable bonds is 7. The summed E-state index contributed by atoms with van der Waals surface area (Å²) in [6.45, 7) is 29.5. The standard InChI is InChI=1S/C64H70O4/c1-15-37-17-21-39(22-18-37)41-25-27-47-43(29-41)31-49(45-33-51(61(3,4)5)59(67)52(34-45)62(6,7)8)57(65)55(47)56-48-28-26-42(40-23-19-38(16-2)20-24-40)30-44(48)32-50(58(56)66)46-35-53(63(9,10)11)60(68)54(36-46)64(12,13)14/h17-36,65-68H,15-16H2,1-14H3. The van der Waals surface area contributed by atoms with Crippen molar-refractivity contribution in [2.45, 2.75) is 131 Å². The second-order valence-corrected chi connectivity index (χ2v) is 23.1. The van der Waals surface area contributed by atoms with Crippen LogP contribution < -0.4 is 0 Å². The molecule has 0 spiro atoms. The lowest BCUT2D eigenvalue weighted by Gasteiger charge is -2.29. The first-order chi connectivity index (χ1) is 31.8. The van der Waals surface area contributed by atoms with Gasteiger partial charge in [0.2, 0.25) is 0 Å². The molecule has 0 aromatic heterocycles. The van der Waals surface area contributed by atoms with Gasteiger partial charge in [0.05, 0.1) is 0 Å². The molecule has 0 saturated heterocycles. The summed E-state index contributed by atoms with van der Waals surface area (Å²) in [5.74, 6) is 0.600. The van der Waals surface area contributed by atoms with E-state index in [2.05, 4.69) is 194 Å². The van der Waals surface area contributed by atoms with Gasteiger partial charge in [0.1, 0.15) is 23.0 Å². The van der Waals surface area contributed by atoms with Gasteiger partial charge in [-0.15, -0.1) is 0 Å². The Morgan fingerprint density at radius 2 is 0.588 bits per heavy atom. The third-order valence-electron chi connectivity index (χ3n) is 13.9. The zero-order chi connectivity index (χ0) is 49.4. The first-order valence-corrected chi connectivity index (χ1v) is 24.3. The monoisotopic (exact) mass is 903 g/mol. The highest BCUT2D eigenvalue weighted by Gasteiger charge is 2.31. The molecule has 0 unspecified atom stereocenters. The third kappa shape index (κ3) is 8.86. The Bertz CT molecular complexity index is 2940. The number of hydrogen-bond donors (Lipinski definition) is 4. The molecule has 0 heterocycles. The predicted molar refractivity (Wildman–Crippen MR) is 289 cm³/mol. The van der Waals surface area contributed by atoms with Crippen molar-refractivity contribution in [3.05, 3.63) is 155 Å². The van der Waals surface area contributed by atoms with E-state index in [4.69, 9.17) is 0 Å². The zero-order valence-corrected chi connectivity index (χ0v) is 42.8. The van der Waals surface area contributed by atoms with Gasteiger partial charge in [0.25, 0.3) is 0 Å². The zero-order valence-electron chi connectivity index (χ0n) is 42.8. The summed E-state index contributed by atoms with van der Waals surface area (Å²) >= 11 is 0. The molecule has 350 valence electrons. The van der Waals surface area contributed by atoms with E-state index in [9.17, 15) is 20.4 Å². The van der Waals surface area contributed by atoms with Crippen LogP contribution in [0.5, 0.6) is 23.0 Å². The highest BCUT2D eigenvalue weighted by Crippen LogP contribution is 2.54. The molecule has 0 bridgehead atoms. The summed E-state index contributed by atoms with van der Waals surface area (Å²) in [7, 11) is 0. The Kier molecular flexibility index (Phi) is 12.1. The van der Waals surface area contributed by atoms with Crippen LogP contribution in [0, 0.1) is 0 Å². The maximum Gasteiger partial charge on any atom is 0.132 e. The molecule has 0 amide bonds. The summed E-state index contributed by atoms with van der Waals surface area (Å²) in [6, 6.07) is 42.3. The molecule has 0 aliphatic heterocycles. The second kappa shape index (κ2) is 17.2. The molecule has 0 fully saturated rings. The highest BCUT2D eigenvalue weighted by atomic mass is 16.3. The van der Waals surface area contributed by atoms with Crippen LogP contribution in [-0.2, 0) is 34.5 Å². The molecule has 68 heavy (non-hydrogen) atoms. The van der Waals surface area contributed by atoms with Crippen LogP contribution >= 0.6 is 0 Å². The number of phenols is 4. The molecule has 0 atom stereocenters. The first kappa shape index (κ1) is 48.0. The fourth-order valence-corrected chi connectivity index (χ4v) is 9.83. The predicted octanol–water partition coefficient (Wildman–Crippen LogP) is 17.5. The van der Waals surface area contributed by atoms with Gasteiger partial charge < -0.3 is 20.4 Å². The Labute approximate surface area is 405 Å². The van der Waals surface area contributed by atoms with Crippen molar-refractivity contribution in [1.29, 1.82) is 0 Å². The van der Waals surface area contributed by atoms with E-state index in [0.29, 0.717) is 22.3 Å². The van der Waals surface area contributed by atoms with E-state index >= 15 is 0 Å². The number of aromatic hydroxyl groups is 4. The van der Waals surface area contributed by atoms with Gasteiger partial charge in [-0.3, -0.25) is 0 Å². The van der Waals surface area contributed by atoms with Crippen LogP contribution in [0.25, 0.3) is 77.2 Å². The minimum atomic E-state index is -0.410. The van der Waals surface area contributed by atoms with E-state index in [1.54, 1.807) is 0 Å². The molecule has 0 aliphatic carbocycles. The molecule has 8 aromatic rings. The van der Waals surface area contributed by atoms with Gasteiger partial charge in [-0.25, -0.2) is 0 Å². The molecule has 0 saturated carbocycles. The lowest BCUT2D eigenvalue weighted by atomic mass is 9.76. The molecule has 8 aromatic carbocycles. The summed E-state index contributed by atoms with van der Waals surface area (Å²) in [5, 5.41) is 53.6. The highest BCUT2D eigenvalue weighted by molar-refractivity contribution is 6.15. The number of benzene rings is 8. The molecule has 0 aliphatic rings. The normalized spacial score (nSPS) is 12.6. The fourth-order valence-electron chi connectivity index (χ4n) is 9.83. The molecule has 8 rings (SSSR count). The summed E-state index contributed by atoms with van der Waals surface area (Å²) in [5.41, 5.74) is 12.1. The summed E-state index contributed by atoms with van der Waals surface area (Å²) in [4.78, 5) is 0. The van der Waals surface area contributed by atoms with Gasteiger partial charge in [0.15, 0.2) is 0 Å². The molecule has 4 nitrogen and oxygen atoms in total. The van der Waals surface area contributed by atoms with E-state index in [0.717, 1.165) is 90.0 Å². The smallest absolute Gasteiger partial charge is 0.132 e. The third-order valence-corrected chi connectivity index (χ3v) is 13.9. The van der Waals surface area contributed by atoms with Crippen LogP contribution in [-0.4, -0.2) is 20.4 Å².